The highest BCUT2D eigenvalue weighted by atomic mass is 16.5. The molecule has 4 heteroatoms. The van der Waals surface area contributed by atoms with Gasteiger partial charge in [-0.15, -0.1) is 0 Å². The third-order valence-electron chi connectivity index (χ3n) is 3.96. The summed E-state index contributed by atoms with van der Waals surface area (Å²) in [6, 6.07) is 0.334. The number of amides is 1. The molecule has 2 N–H and O–H groups in total. The number of carbonyl (C=O) groups excluding carboxylic acids is 1. The summed E-state index contributed by atoms with van der Waals surface area (Å²) >= 11 is 0. The van der Waals surface area contributed by atoms with Crippen molar-refractivity contribution in [3.63, 3.8) is 0 Å². The van der Waals surface area contributed by atoms with E-state index in [0.29, 0.717) is 6.04 Å². The molecule has 1 heterocycles. The molecule has 2 aliphatic rings. The van der Waals surface area contributed by atoms with E-state index in [1.165, 1.54) is 12.8 Å². The van der Waals surface area contributed by atoms with Gasteiger partial charge in [0.2, 0.25) is 5.91 Å². The third-order valence-corrected chi connectivity index (χ3v) is 3.96. The summed E-state index contributed by atoms with van der Waals surface area (Å²) in [7, 11) is 1.78. The zero-order valence-electron chi connectivity index (χ0n) is 10.7. The molecule has 1 saturated heterocycles. The molecule has 98 valence electrons. The molecule has 1 aliphatic carbocycles. The third kappa shape index (κ3) is 3.42. The van der Waals surface area contributed by atoms with Gasteiger partial charge in [-0.1, -0.05) is 12.8 Å². The lowest BCUT2D eigenvalue weighted by Crippen LogP contribution is -2.52. The Bertz CT molecular complexity index is 258. The lowest BCUT2D eigenvalue weighted by atomic mass is 9.91. The fraction of sp³-hybridized carbons (Fsp3) is 0.923. The summed E-state index contributed by atoms with van der Waals surface area (Å²) in [5.74, 6) is 0.169. The molecule has 1 amide bonds. The Balaban J connectivity index is 1.90. The van der Waals surface area contributed by atoms with Gasteiger partial charge in [0, 0.05) is 19.7 Å². The molecule has 0 bridgehead atoms. The van der Waals surface area contributed by atoms with Gasteiger partial charge in [-0.2, -0.15) is 0 Å². The number of hydrogen-bond donors (Lipinski definition) is 2. The molecule has 3 atom stereocenters. The average Bonchev–Trinajstić information content (AvgIpc) is 2.56. The van der Waals surface area contributed by atoms with Gasteiger partial charge in [0.25, 0.3) is 0 Å². The standard InChI is InChI=1S/C13H24N2O2/c1-17-12-8-3-2-6-10(12)15-11-7-4-5-9-14-13(11)16/h10-12,15H,2-9H2,1H3,(H,14,16). The number of hydrogen-bond acceptors (Lipinski definition) is 3. The Morgan fingerprint density at radius 1 is 1.18 bits per heavy atom. The smallest absolute Gasteiger partial charge is 0.237 e. The van der Waals surface area contributed by atoms with E-state index < -0.39 is 0 Å². The van der Waals surface area contributed by atoms with Gasteiger partial charge >= 0.3 is 0 Å². The van der Waals surface area contributed by atoms with Crippen molar-refractivity contribution in [1.29, 1.82) is 0 Å². The summed E-state index contributed by atoms with van der Waals surface area (Å²) in [6.45, 7) is 0.829. The van der Waals surface area contributed by atoms with Gasteiger partial charge in [-0.05, 0) is 32.1 Å². The van der Waals surface area contributed by atoms with Crippen LogP contribution in [0.25, 0.3) is 0 Å². The van der Waals surface area contributed by atoms with Crippen LogP contribution in [-0.4, -0.2) is 37.7 Å². The van der Waals surface area contributed by atoms with E-state index in [0.717, 1.165) is 38.6 Å². The van der Waals surface area contributed by atoms with E-state index in [1.54, 1.807) is 7.11 Å². The average molecular weight is 240 g/mol. The first-order valence-electron chi connectivity index (χ1n) is 6.88. The summed E-state index contributed by atoms with van der Waals surface area (Å²) in [6.07, 6.45) is 8.19. The molecule has 0 spiro atoms. The highest BCUT2D eigenvalue weighted by Crippen LogP contribution is 2.22. The molecule has 0 aromatic heterocycles. The predicted octanol–water partition coefficient (Wildman–Crippen LogP) is 1.20. The van der Waals surface area contributed by atoms with Crippen LogP contribution in [0.15, 0.2) is 0 Å². The predicted molar refractivity (Wildman–Crippen MR) is 66.8 cm³/mol. The molecular formula is C13H24N2O2. The maximum atomic E-state index is 11.9. The molecular weight excluding hydrogens is 216 g/mol. The summed E-state index contributed by atoms with van der Waals surface area (Å²) in [4.78, 5) is 11.9. The topological polar surface area (TPSA) is 50.4 Å². The first-order valence-corrected chi connectivity index (χ1v) is 6.88. The molecule has 17 heavy (non-hydrogen) atoms. The molecule has 0 aromatic carbocycles. The van der Waals surface area contributed by atoms with Crippen molar-refractivity contribution in [1.82, 2.24) is 10.6 Å². The Morgan fingerprint density at radius 3 is 2.76 bits per heavy atom. The fourth-order valence-electron chi connectivity index (χ4n) is 2.93. The van der Waals surface area contributed by atoms with Crippen molar-refractivity contribution < 1.29 is 9.53 Å². The molecule has 0 radical (unpaired) electrons. The summed E-state index contributed by atoms with van der Waals surface area (Å²) in [5.41, 5.74) is 0. The first kappa shape index (κ1) is 12.8. The van der Waals surface area contributed by atoms with Crippen LogP contribution in [0.1, 0.15) is 44.9 Å². The second-order valence-electron chi connectivity index (χ2n) is 5.17. The quantitative estimate of drug-likeness (QED) is 0.779. The van der Waals surface area contributed by atoms with Crippen LogP contribution in [0.5, 0.6) is 0 Å². The molecule has 2 rings (SSSR count). The van der Waals surface area contributed by atoms with Crippen LogP contribution in [0, 0.1) is 0 Å². The van der Waals surface area contributed by atoms with Crippen LogP contribution in [0.4, 0.5) is 0 Å². The summed E-state index contributed by atoms with van der Waals surface area (Å²) < 4.78 is 5.52. The molecule has 3 unspecified atom stereocenters. The van der Waals surface area contributed by atoms with Gasteiger partial charge < -0.3 is 15.4 Å². The molecule has 1 saturated carbocycles. The van der Waals surface area contributed by atoms with Crippen LogP contribution in [0.2, 0.25) is 0 Å². The Morgan fingerprint density at radius 2 is 1.94 bits per heavy atom. The first-order chi connectivity index (χ1) is 8.31. The van der Waals surface area contributed by atoms with Crippen molar-refractivity contribution in [3.05, 3.63) is 0 Å². The summed E-state index contributed by atoms with van der Waals surface area (Å²) in [5, 5.41) is 6.49. The largest absolute Gasteiger partial charge is 0.380 e. The van der Waals surface area contributed by atoms with Crippen LogP contribution in [0.3, 0.4) is 0 Å². The van der Waals surface area contributed by atoms with Gasteiger partial charge in [0.1, 0.15) is 0 Å². The minimum absolute atomic E-state index is 0.0155. The number of carbonyl (C=O) groups is 1. The number of ether oxygens (including phenoxy) is 1. The van der Waals surface area contributed by atoms with Crippen molar-refractivity contribution in [2.45, 2.75) is 63.1 Å². The monoisotopic (exact) mass is 240 g/mol. The zero-order chi connectivity index (χ0) is 12.1. The van der Waals surface area contributed by atoms with E-state index in [1.807, 2.05) is 0 Å². The van der Waals surface area contributed by atoms with Crippen molar-refractivity contribution in [2.75, 3.05) is 13.7 Å². The SMILES string of the molecule is COC1CCCCC1NC1CCCCNC1=O. The maximum Gasteiger partial charge on any atom is 0.237 e. The number of rotatable bonds is 3. The fourth-order valence-corrected chi connectivity index (χ4v) is 2.93. The van der Waals surface area contributed by atoms with Gasteiger partial charge in [-0.25, -0.2) is 0 Å². The van der Waals surface area contributed by atoms with Crippen LogP contribution >= 0.6 is 0 Å². The minimum atomic E-state index is -0.0155. The van der Waals surface area contributed by atoms with Crippen molar-refractivity contribution in [2.24, 2.45) is 0 Å². The second kappa shape index (κ2) is 6.36. The van der Waals surface area contributed by atoms with E-state index in [2.05, 4.69) is 10.6 Å². The molecule has 2 fully saturated rings. The second-order valence-corrected chi connectivity index (χ2v) is 5.17. The molecule has 0 aromatic rings. The van der Waals surface area contributed by atoms with Crippen LogP contribution < -0.4 is 10.6 Å². The van der Waals surface area contributed by atoms with Gasteiger partial charge in [-0.3, -0.25) is 4.79 Å². The van der Waals surface area contributed by atoms with Crippen LogP contribution in [-0.2, 0) is 9.53 Å². The Kier molecular flexibility index (Phi) is 4.80. The number of methoxy groups -OCH3 is 1. The zero-order valence-corrected chi connectivity index (χ0v) is 10.7. The highest BCUT2D eigenvalue weighted by Gasteiger charge is 2.29. The van der Waals surface area contributed by atoms with E-state index in [4.69, 9.17) is 4.74 Å². The van der Waals surface area contributed by atoms with E-state index in [9.17, 15) is 4.79 Å². The molecule has 1 aliphatic heterocycles. The Labute approximate surface area is 103 Å². The molecule has 4 nitrogen and oxygen atoms in total. The van der Waals surface area contributed by atoms with Crippen molar-refractivity contribution >= 4 is 5.91 Å². The van der Waals surface area contributed by atoms with Gasteiger partial charge in [0.15, 0.2) is 0 Å². The van der Waals surface area contributed by atoms with E-state index in [-0.39, 0.29) is 18.1 Å². The van der Waals surface area contributed by atoms with Gasteiger partial charge in [0.05, 0.1) is 12.1 Å². The normalized spacial score (nSPS) is 35.1. The minimum Gasteiger partial charge on any atom is -0.380 e. The van der Waals surface area contributed by atoms with E-state index >= 15 is 0 Å². The van der Waals surface area contributed by atoms with Crippen molar-refractivity contribution in [3.8, 4) is 0 Å². The lowest BCUT2D eigenvalue weighted by molar-refractivity contribution is -0.123. The lowest BCUT2D eigenvalue weighted by Gasteiger charge is -2.33. The number of nitrogens with one attached hydrogen (secondary N) is 2. The highest BCUT2D eigenvalue weighted by molar-refractivity contribution is 5.81. The maximum absolute atomic E-state index is 11.9. The Hall–Kier alpha value is -0.610.